The third-order valence-corrected chi connectivity index (χ3v) is 8.12. The van der Waals surface area contributed by atoms with Crippen LogP contribution in [-0.2, 0) is 22.9 Å². The zero-order valence-electron chi connectivity index (χ0n) is 21.9. The number of hydrogen-bond donors (Lipinski definition) is 3. The van der Waals surface area contributed by atoms with E-state index in [2.05, 4.69) is 33.9 Å². The largest absolute Gasteiger partial charge is 0.480 e. The summed E-state index contributed by atoms with van der Waals surface area (Å²) in [6.45, 7) is 6.12. The minimum absolute atomic E-state index is 0.227. The van der Waals surface area contributed by atoms with Crippen molar-refractivity contribution in [2.45, 2.75) is 33.6 Å². The normalized spacial score (nSPS) is 11.5. The quantitative estimate of drug-likeness (QED) is 0.221. The van der Waals surface area contributed by atoms with E-state index in [1.165, 1.54) is 11.3 Å². The summed E-state index contributed by atoms with van der Waals surface area (Å²) in [5, 5.41) is 1.75. The van der Waals surface area contributed by atoms with Crippen LogP contribution in [0.2, 0.25) is 0 Å². The van der Waals surface area contributed by atoms with Crippen molar-refractivity contribution in [3.05, 3.63) is 76.8 Å². The van der Waals surface area contributed by atoms with Crippen LogP contribution in [0, 0.1) is 5.92 Å². The molecule has 0 spiro atoms. The molecule has 0 saturated carbocycles. The van der Waals surface area contributed by atoms with Crippen molar-refractivity contribution in [3.63, 3.8) is 0 Å². The van der Waals surface area contributed by atoms with Crippen LogP contribution in [0.3, 0.4) is 0 Å². The van der Waals surface area contributed by atoms with Crippen molar-refractivity contribution >= 4 is 31.6 Å². The Balaban J connectivity index is 1.60. The number of benzene rings is 2. The average Bonchev–Trinajstić information content (AvgIpc) is 3.48. The number of aromatic nitrogens is 2. The van der Waals surface area contributed by atoms with Crippen molar-refractivity contribution in [2.24, 2.45) is 5.92 Å². The molecule has 0 saturated heterocycles. The third kappa shape index (κ3) is 6.43. The fraction of sp³-hybridized carbons (Fsp3) is 0.286. The summed E-state index contributed by atoms with van der Waals surface area (Å²) in [6, 6.07) is 19.8. The number of imidazole rings is 1. The number of methoxy groups -OCH3 is 1. The van der Waals surface area contributed by atoms with Crippen molar-refractivity contribution in [1.82, 2.24) is 15.3 Å². The van der Waals surface area contributed by atoms with Gasteiger partial charge in [0.2, 0.25) is 5.88 Å². The van der Waals surface area contributed by atoms with E-state index in [1.807, 2.05) is 60.7 Å². The summed E-state index contributed by atoms with van der Waals surface area (Å²) in [5.74, 6) is 1.70. The SMILES string of the molecule is CCNC(=O)S(=O)(=O)Nc1sc(CC(C)C)cc1-c1ccc(Cc2[nH]c(-c3ccccc3)nc2OC)cc1. The monoisotopic (exact) mass is 552 g/mol. The number of thiophene rings is 1. The first-order chi connectivity index (χ1) is 18.2. The molecule has 8 nitrogen and oxygen atoms in total. The summed E-state index contributed by atoms with van der Waals surface area (Å²) in [4.78, 5) is 21.1. The van der Waals surface area contributed by atoms with Gasteiger partial charge < -0.3 is 15.0 Å². The van der Waals surface area contributed by atoms with Crippen LogP contribution in [0.1, 0.15) is 36.9 Å². The standard InChI is InChI=1S/C28H32N4O4S2/c1-5-29-28(33)38(34,35)32-27-23(17-22(37-27)15-18(2)3)20-13-11-19(12-14-20)16-24-26(36-4)31-25(30-24)21-9-7-6-8-10-21/h6-14,17-18,32H,5,15-16H2,1-4H3,(H,29,33)(H,30,31). The third-order valence-electron chi connectivity index (χ3n) is 5.81. The van der Waals surface area contributed by atoms with Crippen molar-refractivity contribution in [1.29, 1.82) is 0 Å². The smallest absolute Gasteiger partial charge is 0.357 e. The Morgan fingerprint density at radius 3 is 2.42 bits per heavy atom. The molecule has 0 unspecified atom stereocenters. The van der Waals surface area contributed by atoms with Crippen LogP contribution in [0.15, 0.2) is 60.7 Å². The Morgan fingerprint density at radius 2 is 1.79 bits per heavy atom. The molecule has 38 heavy (non-hydrogen) atoms. The fourth-order valence-corrected chi connectivity index (χ4v) is 6.48. The minimum Gasteiger partial charge on any atom is -0.480 e. The van der Waals surface area contributed by atoms with Crippen LogP contribution >= 0.6 is 11.3 Å². The van der Waals surface area contributed by atoms with Crippen LogP contribution in [0.4, 0.5) is 9.80 Å². The van der Waals surface area contributed by atoms with Gasteiger partial charge >= 0.3 is 15.3 Å². The number of amides is 1. The molecular formula is C28H32N4O4S2. The molecule has 1 amide bonds. The van der Waals surface area contributed by atoms with Gasteiger partial charge in [0, 0.05) is 29.0 Å². The molecule has 200 valence electrons. The van der Waals surface area contributed by atoms with E-state index < -0.39 is 15.3 Å². The van der Waals surface area contributed by atoms with Crippen LogP contribution in [0.25, 0.3) is 22.5 Å². The zero-order chi connectivity index (χ0) is 27.3. The predicted octanol–water partition coefficient (Wildman–Crippen LogP) is 6.07. The van der Waals surface area contributed by atoms with E-state index in [1.54, 1.807) is 14.0 Å². The van der Waals surface area contributed by atoms with E-state index in [4.69, 9.17) is 4.74 Å². The van der Waals surface area contributed by atoms with Gasteiger partial charge in [-0.1, -0.05) is 68.4 Å². The van der Waals surface area contributed by atoms with E-state index >= 15 is 0 Å². The average molecular weight is 553 g/mol. The van der Waals surface area contributed by atoms with E-state index in [-0.39, 0.29) is 6.54 Å². The molecule has 0 aliphatic rings. The number of nitrogens with one attached hydrogen (secondary N) is 3. The fourth-order valence-electron chi connectivity index (χ4n) is 4.06. The highest BCUT2D eigenvalue weighted by molar-refractivity contribution is 8.07. The number of anilines is 1. The number of nitrogens with zero attached hydrogens (tertiary/aromatic N) is 1. The lowest BCUT2D eigenvalue weighted by molar-refractivity contribution is 0.259. The summed E-state index contributed by atoms with van der Waals surface area (Å²) >= 11 is 1.36. The summed E-state index contributed by atoms with van der Waals surface area (Å²) in [5.41, 5.74) is 4.48. The Bertz CT molecular complexity index is 1490. The maximum Gasteiger partial charge on any atom is 0.357 e. The molecule has 4 rings (SSSR count). The molecule has 0 aliphatic heterocycles. The lowest BCUT2D eigenvalue weighted by Gasteiger charge is -2.09. The van der Waals surface area contributed by atoms with E-state index in [0.29, 0.717) is 23.2 Å². The highest BCUT2D eigenvalue weighted by atomic mass is 32.2. The van der Waals surface area contributed by atoms with Crippen molar-refractivity contribution < 1.29 is 17.9 Å². The Hall–Kier alpha value is -3.63. The maximum absolute atomic E-state index is 12.6. The van der Waals surface area contributed by atoms with Crippen molar-refractivity contribution in [2.75, 3.05) is 18.4 Å². The highest BCUT2D eigenvalue weighted by Crippen LogP contribution is 2.38. The number of aromatic amines is 1. The minimum atomic E-state index is -4.21. The van der Waals surface area contributed by atoms with Gasteiger partial charge in [0.15, 0.2) is 0 Å². The van der Waals surface area contributed by atoms with Gasteiger partial charge in [-0.25, -0.2) is 0 Å². The molecular weight excluding hydrogens is 520 g/mol. The first kappa shape index (κ1) is 27.4. The summed E-state index contributed by atoms with van der Waals surface area (Å²) < 4.78 is 33.2. The highest BCUT2D eigenvalue weighted by Gasteiger charge is 2.24. The molecule has 0 radical (unpaired) electrons. The molecule has 2 heterocycles. The molecule has 2 aromatic heterocycles. The van der Waals surface area contributed by atoms with Gasteiger partial charge in [-0.2, -0.15) is 13.4 Å². The molecule has 0 fully saturated rings. The second-order valence-corrected chi connectivity index (χ2v) is 12.0. The van der Waals surface area contributed by atoms with E-state index in [0.717, 1.165) is 45.1 Å². The lowest BCUT2D eigenvalue weighted by Crippen LogP contribution is -2.33. The lowest BCUT2D eigenvalue weighted by atomic mass is 10.0. The van der Waals surface area contributed by atoms with Gasteiger partial charge in [-0.15, -0.1) is 11.3 Å². The molecule has 0 atom stereocenters. The van der Waals surface area contributed by atoms with Crippen LogP contribution < -0.4 is 14.8 Å². The zero-order valence-corrected chi connectivity index (χ0v) is 23.5. The number of carbonyl (C=O) groups is 1. The molecule has 0 aliphatic carbocycles. The van der Waals surface area contributed by atoms with Gasteiger partial charge in [-0.3, -0.25) is 9.52 Å². The first-order valence-corrected chi connectivity index (χ1v) is 14.7. The molecule has 10 heteroatoms. The summed E-state index contributed by atoms with van der Waals surface area (Å²) in [6.07, 6.45) is 1.39. The number of H-pyrrole nitrogens is 1. The maximum atomic E-state index is 12.6. The van der Waals surface area contributed by atoms with Crippen molar-refractivity contribution in [3.8, 4) is 28.4 Å². The second kappa shape index (κ2) is 11.8. The van der Waals surface area contributed by atoms with Crippen LogP contribution in [-0.4, -0.2) is 37.3 Å². The number of carbonyl (C=O) groups excluding carboxylic acids is 1. The van der Waals surface area contributed by atoms with Gasteiger partial charge in [0.25, 0.3) is 0 Å². The number of ether oxygens (including phenoxy) is 1. The Morgan fingerprint density at radius 1 is 1.08 bits per heavy atom. The van der Waals surface area contributed by atoms with Crippen LogP contribution in [0.5, 0.6) is 5.88 Å². The Kier molecular flexibility index (Phi) is 8.53. The second-order valence-electron chi connectivity index (χ2n) is 9.29. The van der Waals surface area contributed by atoms with Gasteiger partial charge in [-0.05, 0) is 36.5 Å². The molecule has 0 bridgehead atoms. The summed E-state index contributed by atoms with van der Waals surface area (Å²) in [7, 11) is -2.61. The molecule has 3 N–H and O–H groups in total. The predicted molar refractivity (Wildman–Crippen MR) is 153 cm³/mol. The Labute approximate surface area is 227 Å². The van der Waals surface area contributed by atoms with Gasteiger partial charge in [0.1, 0.15) is 10.8 Å². The topological polar surface area (TPSA) is 113 Å². The molecule has 2 aromatic carbocycles. The molecule has 4 aromatic rings. The van der Waals surface area contributed by atoms with Gasteiger partial charge in [0.05, 0.1) is 12.8 Å². The number of hydrogen-bond acceptors (Lipinski definition) is 6. The first-order valence-electron chi connectivity index (χ1n) is 12.4. The number of sulfonamides is 1. The van der Waals surface area contributed by atoms with E-state index in [9.17, 15) is 13.2 Å². The number of rotatable bonds is 10.